The second kappa shape index (κ2) is 7.77. The average molecular weight is 303 g/mol. The minimum absolute atomic E-state index is 0.183. The highest BCUT2D eigenvalue weighted by molar-refractivity contribution is 5.22. The van der Waals surface area contributed by atoms with Crippen molar-refractivity contribution >= 4 is 0 Å². The number of ether oxygens (including phenoxy) is 2. The van der Waals surface area contributed by atoms with Gasteiger partial charge in [-0.2, -0.15) is 0 Å². The molecule has 1 N–H and O–H groups in total. The summed E-state index contributed by atoms with van der Waals surface area (Å²) in [5.41, 5.74) is 0.386. The van der Waals surface area contributed by atoms with Crippen LogP contribution in [0.2, 0.25) is 0 Å². The highest BCUT2D eigenvalue weighted by Gasteiger charge is 2.16. The maximum absolute atomic E-state index is 13.1. The molecular formula is C15H20F3NO2. The zero-order chi connectivity index (χ0) is 15.2. The Bertz CT molecular complexity index is 441. The Kier molecular flexibility index (Phi) is 6.02. The van der Waals surface area contributed by atoms with Gasteiger partial charge in [-0.1, -0.05) is 0 Å². The van der Waals surface area contributed by atoms with Gasteiger partial charge in [0.2, 0.25) is 0 Å². The van der Waals surface area contributed by atoms with E-state index in [1.54, 1.807) is 6.92 Å². The van der Waals surface area contributed by atoms with Crippen LogP contribution in [0.15, 0.2) is 12.1 Å². The van der Waals surface area contributed by atoms with E-state index >= 15 is 0 Å². The molecule has 3 nitrogen and oxygen atoms in total. The number of benzene rings is 1. The molecule has 0 spiro atoms. The average Bonchev–Trinajstić information content (AvgIpc) is 2.96. The highest BCUT2D eigenvalue weighted by atomic mass is 19.2. The monoisotopic (exact) mass is 303 g/mol. The van der Waals surface area contributed by atoms with Gasteiger partial charge in [-0.15, -0.1) is 0 Å². The first kappa shape index (κ1) is 16.3. The third-order valence-electron chi connectivity index (χ3n) is 3.52. The normalized spacial score (nSPS) is 19.9. The predicted octanol–water partition coefficient (Wildman–Crippen LogP) is 2.95. The van der Waals surface area contributed by atoms with E-state index in [1.165, 1.54) is 0 Å². The molecule has 1 fully saturated rings. The smallest absolute Gasteiger partial charge is 0.194 e. The quantitative estimate of drug-likeness (QED) is 0.620. The maximum atomic E-state index is 13.1. The summed E-state index contributed by atoms with van der Waals surface area (Å²) in [5.74, 6) is -3.76. The van der Waals surface area contributed by atoms with E-state index in [9.17, 15) is 13.2 Å². The zero-order valence-electron chi connectivity index (χ0n) is 12.0. The van der Waals surface area contributed by atoms with Gasteiger partial charge in [0.05, 0.1) is 12.7 Å². The van der Waals surface area contributed by atoms with Crippen LogP contribution in [-0.2, 0) is 9.47 Å². The van der Waals surface area contributed by atoms with Crippen molar-refractivity contribution in [1.29, 1.82) is 0 Å². The van der Waals surface area contributed by atoms with Crippen molar-refractivity contribution in [1.82, 2.24) is 5.32 Å². The number of halogens is 3. The first-order valence-corrected chi connectivity index (χ1v) is 7.15. The fraction of sp³-hybridized carbons (Fsp3) is 0.600. The van der Waals surface area contributed by atoms with E-state index in [4.69, 9.17) is 9.47 Å². The van der Waals surface area contributed by atoms with Gasteiger partial charge >= 0.3 is 0 Å². The van der Waals surface area contributed by atoms with Gasteiger partial charge in [-0.3, -0.25) is 0 Å². The molecule has 2 atom stereocenters. The third-order valence-corrected chi connectivity index (χ3v) is 3.52. The van der Waals surface area contributed by atoms with Crippen LogP contribution < -0.4 is 5.32 Å². The molecule has 6 heteroatoms. The first-order chi connectivity index (χ1) is 10.1. The molecule has 0 amide bonds. The Morgan fingerprint density at radius 3 is 2.67 bits per heavy atom. The summed E-state index contributed by atoms with van der Waals surface area (Å²) < 4.78 is 50.0. The summed E-state index contributed by atoms with van der Waals surface area (Å²) in [5, 5.41) is 3.13. The molecule has 0 unspecified atom stereocenters. The molecule has 1 aliphatic rings. The SMILES string of the molecule is C[C@H](NCCCO[C@H]1CCOC1)c1cc(F)c(F)c(F)c1. The number of hydrogen-bond acceptors (Lipinski definition) is 3. The van der Waals surface area contributed by atoms with Gasteiger partial charge < -0.3 is 14.8 Å². The van der Waals surface area contributed by atoms with Crippen LogP contribution >= 0.6 is 0 Å². The Morgan fingerprint density at radius 2 is 2.05 bits per heavy atom. The standard InChI is InChI=1S/C15H20F3NO2/c1-10(11-7-13(16)15(18)14(17)8-11)19-4-2-5-21-12-3-6-20-9-12/h7-8,10,12,19H,2-6,9H2,1H3/t10-,12-/m0/s1. The van der Waals surface area contributed by atoms with Crippen molar-refractivity contribution < 1.29 is 22.6 Å². The van der Waals surface area contributed by atoms with Gasteiger partial charge in [0, 0.05) is 19.3 Å². The lowest BCUT2D eigenvalue weighted by Gasteiger charge is -2.15. The van der Waals surface area contributed by atoms with Crippen LogP contribution in [0.5, 0.6) is 0 Å². The van der Waals surface area contributed by atoms with Crippen LogP contribution in [-0.4, -0.2) is 32.5 Å². The molecular weight excluding hydrogens is 283 g/mol. The predicted molar refractivity (Wildman–Crippen MR) is 72.5 cm³/mol. The molecule has 1 saturated heterocycles. The number of hydrogen-bond donors (Lipinski definition) is 1. The Labute approximate surface area is 122 Å². The minimum Gasteiger partial charge on any atom is -0.379 e. The summed E-state index contributed by atoms with van der Waals surface area (Å²) in [6.45, 7) is 4.44. The molecule has 1 heterocycles. The molecule has 1 aromatic carbocycles. The van der Waals surface area contributed by atoms with E-state index in [1.807, 2.05) is 0 Å². The highest BCUT2D eigenvalue weighted by Crippen LogP contribution is 2.19. The molecule has 2 rings (SSSR count). The van der Waals surface area contributed by atoms with E-state index in [2.05, 4.69) is 5.32 Å². The zero-order valence-corrected chi connectivity index (χ0v) is 12.0. The number of nitrogens with one attached hydrogen (secondary N) is 1. The van der Waals surface area contributed by atoms with Crippen LogP contribution in [0.1, 0.15) is 31.4 Å². The van der Waals surface area contributed by atoms with Crippen molar-refractivity contribution in [3.05, 3.63) is 35.1 Å². The summed E-state index contributed by atoms with van der Waals surface area (Å²) in [7, 11) is 0. The largest absolute Gasteiger partial charge is 0.379 e. The van der Waals surface area contributed by atoms with Gasteiger partial charge in [0.1, 0.15) is 0 Å². The van der Waals surface area contributed by atoms with Crippen molar-refractivity contribution in [2.24, 2.45) is 0 Å². The number of rotatable bonds is 7. The molecule has 1 aromatic rings. The molecule has 0 aromatic heterocycles. The minimum atomic E-state index is -1.43. The lowest BCUT2D eigenvalue weighted by atomic mass is 10.1. The van der Waals surface area contributed by atoms with E-state index in [0.29, 0.717) is 25.3 Å². The lowest BCUT2D eigenvalue weighted by molar-refractivity contribution is 0.0414. The second-order valence-corrected chi connectivity index (χ2v) is 5.18. The summed E-state index contributed by atoms with van der Waals surface area (Å²) in [6.07, 6.45) is 1.90. The molecule has 118 valence electrons. The lowest BCUT2D eigenvalue weighted by Crippen LogP contribution is -2.22. The topological polar surface area (TPSA) is 30.5 Å². The van der Waals surface area contributed by atoms with Crippen molar-refractivity contribution in [3.63, 3.8) is 0 Å². The maximum Gasteiger partial charge on any atom is 0.194 e. The van der Waals surface area contributed by atoms with Crippen molar-refractivity contribution in [2.45, 2.75) is 31.9 Å². The van der Waals surface area contributed by atoms with Gasteiger partial charge in [-0.25, -0.2) is 13.2 Å². The molecule has 0 bridgehead atoms. The fourth-order valence-electron chi connectivity index (χ4n) is 2.23. The summed E-state index contributed by atoms with van der Waals surface area (Å²) in [4.78, 5) is 0. The first-order valence-electron chi connectivity index (χ1n) is 7.15. The molecule has 1 aliphatic heterocycles. The summed E-state index contributed by atoms with van der Waals surface area (Å²) >= 11 is 0. The Hall–Kier alpha value is -1.11. The van der Waals surface area contributed by atoms with E-state index in [-0.39, 0.29) is 12.1 Å². The van der Waals surface area contributed by atoms with Crippen LogP contribution in [0.25, 0.3) is 0 Å². The van der Waals surface area contributed by atoms with Crippen LogP contribution in [0, 0.1) is 17.5 Å². The van der Waals surface area contributed by atoms with Crippen LogP contribution in [0.3, 0.4) is 0 Å². The van der Waals surface area contributed by atoms with Gasteiger partial charge in [0.25, 0.3) is 0 Å². The van der Waals surface area contributed by atoms with Crippen LogP contribution in [0.4, 0.5) is 13.2 Å². The van der Waals surface area contributed by atoms with Gasteiger partial charge in [-0.05, 0) is 44.0 Å². The third kappa shape index (κ3) is 4.69. The summed E-state index contributed by atoms with van der Waals surface area (Å²) in [6, 6.07) is 1.77. The molecule has 0 radical (unpaired) electrons. The molecule has 21 heavy (non-hydrogen) atoms. The second-order valence-electron chi connectivity index (χ2n) is 5.18. The van der Waals surface area contributed by atoms with E-state index < -0.39 is 17.5 Å². The molecule has 0 saturated carbocycles. The molecule has 0 aliphatic carbocycles. The van der Waals surface area contributed by atoms with Gasteiger partial charge in [0.15, 0.2) is 17.5 Å². The Morgan fingerprint density at radius 1 is 1.33 bits per heavy atom. The fourth-order valence-corrected chi connectivity index (χ4v) is 2.23. The van der Waals surface area contributed by atoms with E-state index in [0.717, 1.165) is 31.6 Å². The van der Waals surface area contributed by atoms with Crippen molar-refractivity contribution in [3.8, 4) is 0 Å². The van der Waals surface area contributed by atoms with Crippen molar-refractivity contribution in [2.75, 3.05) is 26.4 Å². The Balaban J connectivity index is 1.70.